The molecule has 24 heavy (non-hydrogen) atoms. The molecule has 0 saturated heterocycles. The smallest absolute Gasteiger partial charge is 0.155 e. The summed E-state index contributed by atoms with van der Waals surface area (Å²) in [6.07, 6.45) is 5.03. The van der Waals surface area contributed by atoms with Gasteiger partial charge in [-0.1, -0.05) is 11.6 Å². The summed E-state index contributed by atoms with van der Waals surface area (Å²) in [5.41, 5.74) is 4.33. The molecule has 0 bridgehead atoms. The Morgan fingerprint density at radius 3 is 2.79 bits per heavy atom. The average Bonchev–Trinajstić information content (AvgIpc) is 3.05. The molecule has 0 saturated carbocycles. The Morgan fingerprint density at radius 2 is 1.92 bits per heavy atom. The fourth-order valence-electron chi connectivity index (χ4n) is 2.67. The maximum absolute atomic E-state index is 14.3. The van der Waals surface area contributed by atoms with E-state index in [9.17, 15) is 4.39 Å². The third-order valence-electron chi connectivity index (χ3n) is 3.80. The first-order chi connectivity index (χ1) is 11.6. The van der Waals surface area contributed by atoms with E-state index >= 15 is 0 Å². The van der Waals surface area contributed by atoms with Crippen molar-refractivity contribution in [1.82, 2.24) is 19.6 Å². The number of aryl methyl sites for hydroxylation is 1. The number of benzene rings is 1. The number of pyridine rings is 2. The molecule has 0 unspecified atom stereocenters. The van der Waals surface area contributed by atoms with Crippen molar-refractivity contribution in [1.29, 1.82) is 0 Å². The fourth-order valence-corrected chi connectivity index (χ4v) is 2.84. The lowest BCUT2D eigenvalue weighted by molar-refractivity contribution is 0.631. The lowest BCUT2D eigenvalue weighted by atomic mass is 9.98. The van der Waals surface area contributed by atoms with Gasteiger partial charge in [-0.25, -0.2) is 13.9 Å². The van der Waals surface area contributed by atoms with E-state index in [2.05, 4.69) is 15.1 Å². The van der Waals surface area contributed by atoms with Crippen molar-refractivity contribution >= 4 is 17.2 Å². The van der Waals surface area contributed by atoms with Gasteiger partial charge in [0.15, 0.2) is 5.65 Å². The molecule has 0 atom stereocenters. The number of fused-ring (bicyclic) bond motifs is 1. The number of aromatic nitrogens is 4. The summed E-state index contributed by atoms with van der Waals surface area (Å²) in [7, 11) is 0. The molecule has 0 N–H and O–H groups in total. The van der Waals surface area contributed by atoms with Crippen molar-refractivity contribution in [3.8, 4) is 22.4 Å². The first-order valence-electron chi connectivity index (χ1n) is 7.33. The van der Waals surface area contributed by atoms with Crippen molar-refractivity contribution in [2.45, 2.75) is 6.92 Å². The van der Waals surface area contributed by atoms with Gasteiger partial charge in [0.05, 0.1) is 5.69 Å². The summed E-state index contributed by atoms with van der Waals surface area (Å²) in [4.78, 5) is 8.65. The van der Waals surface area contributed by atoms with Crippen LogP contribution in [0.5, 0.6) is 0 Å². The highest BCUT2D eigenvalue weighted by Crippen LogP contribution is 2.34. The minimum atomic E-state index is -0.361. The molecule has 3 heterocycles. The van der Waals surface area contributed by atoms with Gasteiger partial charge in [-0.15, -0.1) is 0 Å². The second-order valence-electron chi connectivity index (χ2n) is 5.51. The van der Waals surface area contributed by atoms with Crippen LogP contribution in [0.25, 0.3) is 28.0 Å². The summed E-state index contributed by atoms with van der Waals surface area (Å²) in [5, 5.41) is 4.56. The van der Waals surface area contributed by atoms with Crippen LogP contribution < -0.4 is 0 Å². The number of hydrogen-bond donors (Lipinski definition) is 0. The van der Waals surface area contributed by atoms with Gasteiger partial charge in [0.2, 0.25) is 0 Å². The second-order valence-corrected chi connectivity index (χ2v) is 5.95. The van der Waals surface area contributed by atoms with Crippen LogP contribution in [0.15, 0.2) is 55.1 Å². The van der Waals surface area contributed by atoms with Gasteiger partial charge in [-0.05, 0) is 54.4 Å². The number of nitrogens with zero attached hydrogens (tertiary/aromatic N) is 4. The predicted octanol–water partition coefficient (Wildman–Crippen LogP) is 4.56. The lowest BCUT2D eigenvalue weighted by Crippen LogP contribution is -1.95. The SMILES string of the molecule is Cc1cnc(-c2cc(Cl)ccc2F)c(-c2ccn3ncnc3c2)c1. The van der Waals surface area contributed by atoms with Gasteiger partial charge in [0.1, 0.15) is 12.1 Å². The highest BCUT2D eigenvalue weighted by Gasteiger charge is 2.14. The Balaban J connectivity index is 1.97. The van der Waals surface area contributed by atoms with E-state index in [4.69, 9.17) is 11.6 Å². The van der Waals surface area contributed by atoms with E-state index in [1.165, 1.54) is 18.5 Å². The third kappa shape index (κ3) is 2.53. The van der Waals surface area contributed by atoms with Gasteiger partial charge >= 0.3 is 0 Å². The van der Waals surface area contributed by atoms with E-state index in [1.807, 2.05) is 31.3 Å². The molecule has 1 aromatic carbocycles. The summed E-state index contributed by atoms with van der Waals surface area (Å²) in [6.45, 7) is 1.95. The fraction of sp³-hybridized carbons (Fsp3) is 0.0556. The van der Waals surface area contributed by atoms with Crippen molar-refractivity contribution in [2.75, 3.05) is 0 Å². The van der Waals surface area contributed by atoms with Crippen LogP contribution in [-0.2, 0) is 0 Å². The molecule has 0 spiro atoms. The second kappa shape index (κ2) is 5.69. The molecule has 3 aromatic heterocycles. The van der Waals surface area contributed by atoms with Gasteiger partial charge in [0.25, 0.3) is 0 Å². The zero-order valence-corrected chi connectivity index (χ0v) is 13.5. The van der Waals surface area contributed by atoms with Crippen LogP contribution in [0.1, 0.15) is 5.56 Å². The predicted molar refractivity (Wildman–Crippen MR) is 91.4 cm³/mol. The molecule has 0 aliphatic heterocycles. The van der Waals surface area contributed by atoms with Crippen LogP contribution in [0.2, 0.25) is 5.02 Å². The summed E-state index contributed by atoms with van der Waals surface area (Å²) >= 11 is 6.04. The number of hydrogen-bond acceptors (Lipinski definition) is 3. The van der Waals surface area contributed by atoms with E-state index in [1.54, 1.807) is 16.8 Å². The van der Waals surface area contributed by atoms with Crippen LogP contribution in [0.4, 0.5) is 4.39 Å². The summed E-state index contributed by atoms with van der Waals surface area (Å²) < 4.78 is 16.0. The number of rotatable bonds is 2. The van der Waals surface area contributed by atoms with Crippen LogP contribution in [0.3, 0.4) is 0 Å². The molecule has 0 aliphatic carbocycles. The monoisotopic (exact) mass is 338 g/mol. The molecule has 118 valence electrons. The van der Waals surface area contributed by atoms with E-state index in [0.717, 1.165) is 16.7 Å². The molecule has 4 nitrogen and oxygen atoms in total. The van der Waals surface area contributed by atoms with Crippen molar-refractivity contribution in [2.24, 2.45) is 0 Å². The largest absolute Gasteiger partial charge is 0.255 e. The zero-order chi connectivity index (χ0) is 16.7. The van der Waals surface area contributed by atoms with E-state index in [-0.39, 0.29) is 5.82 Å². The van der Waals surface area contributed by atoms with Gasteiger partial charge < -0.3 is 0 Å². The van der Waals surface area contributed by atoms with Crippen molar-refractivity contribution < 1.29 is 4.39 Å². The Labute approximate surface area is 142 Å². The Morgan fingerprint density at radius 1 is 1.04 bits per heavy atom. The molecule has 4 rings (SSSR count). The minimum absolute atomic E-state index is 0.361. The highest BCUT2D eigenvalue weighted by molar-refractivity contribution is 6.30. The topological polar surface area (TPSA) is 43.1 Å². The first kappa shape index (κ1) is 14.8. The molecular weight excluding hydrogens is 327 g/mol. The van der Waals surface area contributed by atoms with Crippen LogP contribution in [-0.4, -0.2) is 19.6 Å². The first-order valence-corrected chi connectivity index (χ1v) is 7.71. The molecule has 0 fully saturated rings. The minimum Gasteiger partial charge on any atom is -0.255 e. The van der Waals surface area contributed by atoms with Gasteiger partial charge in [-0.3, -0.25) is 4.98 Å². The Bertz CT molecular complexity index is 1060. The normalized spacial score (nSPS) is 11.1. The van der Waals surface area contributed by atoms with Gasteiger partial charge in [-0.2, -0.15) is 5.10 Å². The maximum atomic E-state index is 14.3. The molecule has 0 radical (unpaired) electrons. The quantitative estimate of drug-likeness (QED) is 0.538. The molecular formula is C18H12ClFN4. The summed E-state index contributed by atoms with van der Waals surface area (Å²) in [6, 6.07) is 10.2. The molecule has 6 heteroatoms. The third-order valence-corrected chi connectivity index (χ3v) is 4.03. The van der Waals surface area contributed by atoms with E-state index < -0.39 is 0 Å². The maximum Gasteiger partial charge on any atom is 0.155 e. The zero-order valence-electron chi connectivity index (χ0n) is 12.7. The molecule has 4 aromatic rings. The van der Waals surface area contributed by atoms with Crippen molar-refractivity contribution in [3.05, 3.63) is 71.5 Å². The molecule has 0 amide bonds. The molecule has 0 aliphatic rings. The van der Waals surface area contributed by atoms with Crippen LogP contribution >= 0.6 is 11.6 Å². The highest BCUT2D eigenvalue weighted by atomic mass is 35.5. The average molecular weight is 339 g/mol. The Hall–Kier alpha value is -2.79. The lowest BCUT2D eigenvalue weighted by Gasteiger charge is -2.11. The van der Waals surface area contributed by atoms with E-state index in [0.29, 0.717) is 21.9 Å². The number of halogens is 2. The van der Waals surface area contributed by atoms with Gasteiger partial charge in [0, 0.05) is 28.5 Å². The van der Waals surface area contributed by atoms with Crippen molar-refractivity contribution in [3.63, 3.8) is 0 Å². The standard InChI is InChI=1S/C18H12ClFN4/c1-11-6-14(12-4-5-24-17(7-12)22-10-23-24)18(21-9-11)15-8-13(19)2-3-16(15)20/h2-10H,1H3. The van der Waals surface area contributed by atoms with Crippen LogP contribution in [0, 0.1) is 12.7 Å². The Kier molecular flexibility index (Phi) is 3.50. The summed E-state index contributed by atoms with van der Waals surface area (Å²) in [5.74, 6) is -0.361.